The predicted octanol–water partition coefficient (Wildman–Crippen LogP) is 4.76. The molecule has 0 aromatic heterocycles. The number of Topliss-reactive ketones (excluding diaryl/α,β-unsaturated/α-hetero) is 1. The van der Waals surface area contributed by atoms with Crippen molar-refractivity contribution < 1.29 is 22.7 Å². The SMILES string of the molecule is CC(C)c1cc(F)cc(C(C)C)c1CC(=O)CS(=O)(=O)c1cc(C#N)cc(C(C)(C)O)c1. The molecular formula is C25H30FNO4S. The van der Waals surface area contributed by atoms with E-state index in [1.54, 1.807) is 0 Å². The summed E-state index contributed by atoms with van der Waals surface area (Å²) in [5.74, 6) is -1.73. The fourth-order valence-electron chi connectivity index (χ4n) is 3.65. The zero-order valence-electron chi connectivity index (χ0n) is 19.4. The summed E-state index contributed by atoms with van der Waals surface area (Å²) in [6, 6.07) is 8.61. The maximum absolute atomic E-state index is 14.1. The van der Waals surface area contributed by atoms with Gasteiger partial charge in [0.1, 0.15) is 11.6 Å². The Kier molecular flexibility index (Phi) is 7.64. The normalized spacial score (nSPS) is 12.3. The Morgan fingerprint density at radius 1 is 1.06 bits per heavy atom. The first-order valence-corrected chi connectivity index (χ1v) is 12.2. The molecule has 32 heavy (non-hydrogen) atoms. The van der Waals surface area contributed by atoms with Crippen molar-refractivity contribution in [2.75, 3.05) is 5.75 Å². The second-order valence-electron chi connectivity index (χ2n) is 9.26. The first-order chi connectivity index (χ1) is 14.7. The Bertz CT molecular complexity index is 1140. The Hall–Kier alpha value is -2.56. The molecule has 0 saturated carbocycles. The van der Waals surface area contributed by atoms with Crippen LogP contribution < -0.4 is 0 Å². The van der Waals surface area contributed by atoms with E-state index < -0.39 is 27.0 Å². The van der Waals surface area contributed by atoms with E-state index in [1.165, 1.54) is 44.2 Å². The van der Waals surface area contributed by atoms with Gasteiger partial charge in [0.25, 0.3) is 0 Å². The summed E-state index contributed by atoms with van der Waals surface area (Å²) >= 11 is 0. The average molecular weight is 460 g/mol. The first-order valence-electron chi connectivity index (χ1n) is 10.5. The van der Waals surface area contributed by atoms with Crippen LogP contribution in [0.1, 0.15) is 81.2 Å². The van der Waals surface area contributed by atoms with Crippen molar-refractivity contribution in [1.29, 1.82) is 5.26 Å². The third-order valence-corrected chi connectivity index (χ3v) is 7.01. The number of nitriles is 1. The number of rotatable bonds is 8. The molecule has 2 aromatic carbocycles. The highest BCUT2D eigenvalue weighted by Crippen LogP contribution is 2.30. The molecule has 7 heteroatoms. The van der Waals surface area contributed by atoms with Gasteiger partial charge in [-0.1, -0.05) is 27.7 Å². The van der Waals surface area contributed by atoms with Crippen molar-refractivity contribution in [2.24, 2.45) is 0 Å². The fourth-order valence-corrected chi connectivity index (χ4v) is 4.96. The van der Waals surface area contributed by atoms with Crippen molar-refractivity contribution in [2.45, 2.75) is 70.3 Å². The Labute approximate surface area is 189 Å². The molecule has 0 unspecified atom stereocenters. The quantitative estimate of drug-likeness (QED) is 0.614. The van der Waals surface area contributed by atoms with E-state index in [0.29, 0.717) is 16.7 Å². The molecule has 172 valence electrons. The summed E-state index contributed by atoms with van der Waals surface area (Å²) < 4.78 is 40.1. The molecule has 0 fully saturated rings. The van der Waals surface area contributed by atoms with Gasteiger partial charge in [0.2, 0.25) is 0 Å². The van der Waals surface area contributed by atoms with Crippen LogP contribution in [0.3, 0.4) is 0 Å². The Morgan fingerprint density at radius 2 is 1.59 bits per heavy atom. The highest BCUT2D eigenvalue weighted by atomic mass is 32.2. The summed E-state index contributed by atoms with van der Waals surface area (Å²) in [6.07, 6.45) is -0.128. The number of hydrogen-bond acceptors (Lipinski definition) is 5. The lowest BCUT2D eigenvalue weighted by molar-refractivity contribution is -0.116. The number of hydrogen-bond donors (Lipinski definition) is 1. The van der Waals surface area contributed by atoms with Crippen LogP contribution in [0.2, 0.25) is 0 Å². The van der Waals surface area contributed by atoms with Crippen molar-refractivity contribution in [1.82, 2.24) is 0 Å². The van der Waals surface area contributed by atoms with E-state index in [-0.39, 0.29) is 40.1 Å². The van der Waals surface area contributed by atoms with Crippen LogP contribution in [-0.2, 0) is 26.7 Å². The van der Waals surface area contributed by atoms with Gasteiger partial charge in [0, 0.05) is 6.42 Å². The molecule has 2 rings (SSSR count). The van der Waals surface area contributed by atoms with E-state index in [1.807, 2.05) is 33.8 Å². The largest absolute Gasteiger partial charge is 0.386 e. The van der Waals surface area contributed by atoms with E-state index in [9.17, 15) is 28.0 Å². The minimum atomic E-state index is -4.06. The van der Waals surface area contributed by atoms with Gasteiger partial charge in [0.05, 0.1) is 22.1 Å². The number of nitrogens with zero attached hydrogens (tertiary/aromatic N) is 1. The number of carbonyl (C=O) groups is 1. The van der Waals surface area contributed by atoms with Gasteiger partial charge in [-0.3, -0.25) is 4.79 Å². The molecule has 2 aromatic rings. The second-order valence-corrected chi connectivity index (χ2v) is 11.3. The number of ketones is 1. The average Bonchev–Trinajstić information content (AvgIpc) is 2.67. The highest BCUT2D eigenvalue weighted by molar-refractivity contribution is 7.92. The third kappa shape index (κ3) is 6.02. The summed E-state index contributed by atoms with van der Waals surface area (Å²) in [6.45, 7) is 10.6. The molecule has 0 aliphatic heterocycles. The molecule has 1 N–H and O–H groups in total. The zero-order valence-corrected chi connectivity index (χ0v) is 20.2. The van der Waals surface area contributed by atoms with Gasteiger partial charge >= 0.3 is 0 Å². The smallest absolute Gasteiger partial charge is 0.185 e. The molecule has 0 atom stereocenters. The van der Waals surface area contributed by atoms with Crippen molar-refractivity contribution in [3.63, 3.8) is 0 Å². The van der Waals surface area contributed by atoms with Gasteiger partial charge in [-0.2, -0.15) is 5.26 Å². The van der Waals surface area contributed by atoms with Crippen LogP contribution in [0.4, 0.5) is 4.39 Å². The number of benzene rings is 2. The molecular weight excluding hydrogens is 429 g/mol. The molecule has 0 heterocycles. The molecule has 0 aliphatic rings. The second kappa shape index (κ2) is 9.51. The van der Waals surface area contributed by atoms with Gasteiger partial charge in [-0.25, -0.2) is 12.8 Å². The van der Waals surface area contributed by atoms with E-state index in [0.717, 1.165) is 0 Å². The van der Waals surface area contributed by atoms with Gasteiger partial charge in [-0.05, 0) is 78.3 Å². The third-order valence-electron chi connectivity index (χ3n) is 5.35. The predicted molar refractivity (Wildman–Crippen MR) is 122 cm³/mol. The van der Waals surface area contributed by atoms with Crippen LogP contribution >= 0.6 is 0 Å². The topological polar surface area (TPSA) is 95.2 Å². The highest BCUT2D eigenvalue weighted by Gasteiger charge is 2.26. The summed E-state index contributed by atoms with van der Waals surface area (Å²) in [4.78, 5) is 12.7. The maximum atomic E-state index is 14.1. The van der Waals surface area contributed by atoms with Crippen molar-refractivity contribution >= 4 is 15.6 Å². The standard InChI is InChI=1S/C25H30FNO4S/c1-15(2)22-10-19(26)11-23(16(3)4)24(22)12-20(28)14-32(30,31)21-8-17(13-27)7-18(9-21)25(5,6)29/h7-11,15-16,29H,12,14H2,1-6H3. The summed E-state index contributed by atoms with van der Waals surface area (Å²) in [5, 5.41) is 19.5. The van der Waals surface area contributed by atoms with Crippen molar-refractivity contribution in [3.8, 4) is 6.07 Å². The molecule has 0 radical (unpaired) electrons. The van der Waals surface area contributed by atoms with E-state index in [2.05, 4.69) is 0 Å². The Balaban J connectivity index is 2.44. The minimum Gasteiger partial charge on any atom is -0.386 e. The lowest BCUT2D eigenvalue weighted by atomic mass is 9.86. The monoisotopic (exact) mass is 459 g/mol. The van der Waals surface area contributed by atoms with E-state index >= 15 is 0 Å². The number of carbonyl (C=O) groups excluding carboxylic acids is 1. The lowest BCUT2D eigenvalue weighted by Crippen LogP contribution is -2.21. The summed E-state index contributed by atoms with van der Waals surface area (Å²) in [7, 11) is -4.06. The minimum absolute atomic E-state index is 0.0377. The van der Waals surface area contributed by atoms with Crippen molar-refractivity contribution in [3.05, 3.63) is 64.0 Å². The molecule has 0 bridgehead atoms. The molecule has 5 nitrogen and oxygen atoms in total. The van der Waals surface area contributed by atoms with Crippen LogP contribution in [0.5, 0.6) is 0 Å². The lowest BCUT2D eigenvalue weighted by Gasteiger charge is -2.20. The van der Waals surface area contributed by atoms with Gasteiger partial charge < -0.3 is 5.11 Å². The molecule has 0 amide bonds. The van der Waals surface area contributed by atoms with Gasteiger partial charge in [0.15, 0.2) is 15.6 Å². The van der Waals surface area contributed by atoms with E-state index in [4.69, 9.17) is 0 Å². The first kappa shape index (κ1) is 25.7. The fraction of sp³-hybridized carbons (Fsp3) is 0.440. The maximum Gasteiger partial charge on any atom is 0.185 e. The Morgan fingerprint density at radius 3 is 2.03 bits per heavy atom. The molecule has 0 saturated heterocycles. The van der Waals surface area contributed by atoms with Crippen LogP contribution in [-0.4, -0.2) is 25.1 Å². The molecule has 0 aliphatic carbocycles. The number of halogens is 1. The van der Waals surface area contributed by atoms with Crippen LogP contribution in [0.15, 0.2) is 35.2 Å². The molecule has 0 spiro atoms. The number of aliphatic hydroxyl groups is 1. The van der Waals surface area contributed by atoms with Crippen LogP contribution in [0.25, 0.3) is 0 Å². The van der Waals surface area contributed by atoms with Crippen LogP contribution in [0, 0.1) is 17.1 Å². The zero-order chi connectivity index (χ0) is 24.4. The van der Waals surface area contributed by atoms with Gasteiger partial charge in [-0.15, -0.1) is 0 Å². The summed E-state index contributed by atoms with van der Waals surface area (Å²) in [5.41, 5.74) is 1.04. The number of sulfone groups is 1.